The molecule has 0 radical (unpaired) electrons. The van der Waals surface area contributed by atoms with Crippen molar-refractivity contribution in [2.45, 2.75) is 170 Å². The third-order valence-electron chi connectivity index (χ3n) is 14.2. The van der Waals surface area contributed by atoms with E-state index < -0.39 is 115 Å². The van der Waals surface area contributed by atoms with Crippen molar-refractivity contribution < 1.29 is 83.3 Å². The van der Waals surface area contributed by atoms with Crippen molar-refractivity contribution in [2.75, 3.05) is 18.0 Å². The number of pyridine rings is 1. The normalized spacial score (nSPS) is 37.7. The van der Waals surface area contributed by atoms with Gasteiger partial charge in [-0.25, -0.2) is 14.0 Å². The van der Waals surface area contributed by atoms with Crippen molar-refractivity contribution in [3.05, 3.63) is 100 Å². The molecule has 6 aliphatic rings. The number of nitrogens with two attached hydrogens (primary N) is 1. The van der Waals surface area contributed by atoms with Gasteiger partial charge in [-0.3, -0.25) is 9.59 Å². The first kappa shape index (κ1) is 55.6. The topological polar surface area (TPSA) is 314 Å². The molecule has 15 atom stereocenters. The van der Waals surface area contributed by atoms with Crippen LogP contribution in [0.2, 0.25) is 0 Å². The number of fused-ring (bicyclic) bond motifs is 3. The van der Waals surface area contributed by atoms with E-state index in [4.69, 9.17) is 29.4 Å². The van der Waals surface area contributed by atoms with Gasteiger partial charge in [0.2, 0.25) is 5.43 Å². The van der Waals surface area contributed by atoms with E-state index in [1.807, 2.05) is 17.9 Å². The Bertz CT molecular complexity index is 2520. The molecule has 400 valence electrons. The van der Waals surface area contributed by atoms with E-state index >= 15 is 4.39 Å². The Hall–Kier alpha value is -5.17. The van der Waals surface area contributed by atoms with Crippen LogP contribution in [0.4, 0.5) is 10.1 Å². The number of anilines is 1. The zero-order valence-corrected chi connectivity index (χ0v) is 41.0. The van der Waals surface area contributed by atoms with Crippen LogP contribution in [-0.2, 0) is 39.7 Å². The van der Waals surface area contributed by atoms with E-state index in [-0.39, 0.29) is 48.5 Å². The number of carbonyl (C=O) groups excluding carboxylic acids is 1. The highest BCUT2D eigenvalue weighted by molar-refractivity contribution is 5.95. The van der Waals surface area contributed by atoms with Gasteiger partial charge >= 0.3 is 17.9 Å². The molecule has 73 heavy (non-hydrogen) atoms. The second kappa shape index (κ2) is 24.0. The maximum atomic E-state index is 15.0. The molecule has 1 aromatic heterocycles. The number of aromatic nitrogens is 1. The van der Waals surface area contributed by atoms with Gasteiger partial charge in [-0.05, 0) is 58.6 Å². The molecule has 20 nitrogen and oxygen atoms in total. The molecule has 4 saturated heterocycles. The highest BCUT2D eigenvalue weighted by Gasteiger charge is 2.51. The van der Waals surface area contributed by atoms with Crippen molar-refractivity contribution in [3.8, 4) is 0 Å². The number of ether oxygens (including phenoxy) is 5. The van der Waals surface area contributed by atoms with Crippen molar-refractivity contribution >= 4 is 34.5 Å². The predicted molar refractivity (Wildman–Crippen MR) is 261 cm³/mol. The maximum absolute atomic E-state index is 15.0. The number of aliphatic carboxylic acids is 1. The zero-order chi connectivity index (χ0) is 52.9. The molecule has 0 amide bonds. The van der Waals surface area contributed by atoms with Gasteiger partial charge in [0, 0.05) is 74.5 Å². The number of carboxylic acid groups (broad SMARTS) is 2. The average molecular weight is 1030 g/mol. The quantitative estimate of drug-likeness (QED) is 0.153. The second-order valence-electron chi connectivity index (χ2n) is 19.8. The number of hydrogen-bond acceptors (Lipinski definition) is 17. The summed E-state index contributed by atoms with van der Waals surface area (Å²) in [6.07, 6.45) is 8.83. The fraction of sp³-hybridized carbons (Fsp3) is 0.577. The third kappa shape index (κ3) is 13.6. The minimum absolute atomic E-state index is 0.0326. The lowest BCUT2D eigenvalue weighted by Gasteiger charge is -2.45. The van der Waals surface area contributed by atoms with Crippen LogP contribution in [0.15, 0.2) is 77.8 Å². The molecule has 7 heterocycles. The highest BCUT2D eigenvalue weighted by Crippen LogP contribution is 2.41. The smallest absolute Gasteiger partial charge is 0.341 e. The molecule has 6 aliphatic heterocycles. The van der Waals surface area contributed by atoms with E-state index in [9.17, 15) is 60.0 Å². The number of esters is 1. The lowest BCUT2D eigenvalue weighted by molar-refractivity contribution is -0.308. The Balaban J connectivity index is 0.000000251. The molecule has 8 rings (SSSR count). The van der Waals surface area contributed by atoms with E-state index in [1.165, 1.54) is 24.4 Å². The van der Waals surface area contributed by atoms with Gasteiger partial charge in [0.1, 0.15) is 35.6 Å². The maximum Gasteiger partial charge on any atom is 0.341 e. The average Bonchev–Trinajstić information content (AvgIpc) is 4.06. The first-order chi connectivity index (χ1) is 34.6. The predicted octanol–water partition coefficient (Wildman–Crippen LogP) is 2.43. The van der Waals surface area contributed by atoms with Gasteiger partial charge in [-0.15, -0.1) is 0 Å². The number of aromatic carboxylic acids is 1. The summed E-state index contributed by atoms with van der Waals surface area (Å²) in [4.78, 5) is 50.4. The summed E-state index contributed by atoms with van der Waals surface area (Å²) < 4.78 is 45.3. The largest absolute Gasteiger partial charge is 0.481 e. The van der Waals surface area contributed by atoms with Gasteiger partial charge in [0.05, 0.1) is 66.1 Å². The number of benzene rings is 1. The summed E-state index contributed by atoms with van der Waals surface area (Å²) >= 11 is 0. The number of rotatable bonds is 5. The Morgan fingerprint density at radius 1 is 0.863 bits per heavy atom. The summed E-state index contributed by atoms with van der Waals surface area (Å²) in [6.45, 7) is 6.43. The molecule has 2 aromatic rings. The van der Waals surface area contributed by atoms with Crippen molar-refractivity contribution in [1.82, 2.24) is 4.57 Å². The number of allylic oxidation sites excluding steroid dienone is 6. The molecule has 1 aromatic carbocycles. The molecule has 2 bridgehead atoms. The number of carbonyl (C=O) groups is 3. The number of epoxide rings is 1. The lowest BCUT2D eigenvalue weighted by Crippen LogP contribution is -2.61. The van der Waals surface area contributed by atoms with Gasteiger partial charge in [-0.1, -0.05) is 48.6 Å². The van der Waals surface area contributed by atoms with E-state index in [0.717, 1.165) is 12.0 Å². The van der Waals surface area contributed by atoms with Crippen LogP contribution < -0.4 is 16.1 Å². The molecule has 10 N–H and O–H groups in total. The van der Waals surface area contributed by atoms with Crippen LogP contribution >= 0.6 is 0 Å². The van der Waals surface area contributed by atoms with Crippen LogP contribution in [0.1, 0.15) is 94.1 Å². The fourth-order valence-corrected chi connectivity index (χ4v) is 10.2. The minimum atomic E-state index is -2.10. The summed E-state index contributed by atoms with van der Waals surface area (Å²) in [5.41, 5.74) is 6.91. The third-order valence-corrected chi connectivity index (χ3v) is 14.2. The van der Waals surface area contributed by atoms with Gasteiger partial charge in [-0.2, -0.15) is 0 Å². The molecule has 4 fully saturated rings. The first-order valence-corrected chi connectivity index (χ1v) is 24.8. The molecule has 21 heteroatoms. The van der Waals surface area contributed by atoms with Crippen molar-refractivity contribution in [3.63, 3.8) is 0 Å². The van der Waals surface area contributed by atoms with Gasteiger partial charge in [0.15, 0.2) is 12.1 Å². The Labute approximate surface area is 421 Å². The van der Waals surface area contributed by atoms with E-state index in [1.54, 1.807) is 60.9 Å². The number of hydrogen-bond donors (Lipinski definition) is 9. The Morgan fingerprint density at radius 3 is 2.26 bits per heavy atom. The zero-order valence-electron chi connectivity index (χ0n) is 41.0. The summed E-state index contributed by atoms with van der Waals surface area (Å²) in [7, 11) is 0. The Kier molecular flexibility index (Phi) is 18.3. The Morgan fingerprint density at radius 2 is 1.56 bits per heavy atom. The van der Waals surface area contributed by atoms with Crippen molar-refractivity contribution in [1.29, 1.82) is 0 Å². The van der Waals surface area contributed by atoms with E-state index in [2.05, 4.69) is 0 Å². The van der Waals surface area contributed by atoms with Crippen LogP contribution in [-0.4, -0.2) is 162 Å². The number of aryl methyl sites for hydroxylation is 1. The number of aliphatic hydroxyl groups excluding tert-OH is 5. The number of cyclic esters (lactones) is 1. The number of aliphatic hydroxyl groups is 6. The number of nitrogens with zero attached hydrogens (tertiary/aromatic N) is 2. The molecular formula is C52H68FN3O17. The number of piperidine rings is 1. The van der Waals surface area contributed by atoms with Crippen LogP contribution in [0, 0.1) is 11.7 Å². The highest BCUT2D eigenvalue weighted by atomic mass is 19.1. The summed E-state index contributed by atoms with van der Waals surface area (Å²) in [5.74, 6) is -7.24. The minimum Gasteiger partial charge on any atom is -0.481 e. The number of halogens is 1. The van der Waals surface area contributed by atoms with Crippen molar-refractivity contribution in [2.24, 2.45) is 11.7 Å². The summed E-state index contributed by atoms with van der Waals surface area (Å²) in [5, 5.41) is 83.1. The van der Waals surface area contributed by atoms with Crippen LogP contribution in [0.5, 0.6) is 0 Å². The SMILES string of the molecule is CC1CCc2c(N3CCC(O)CC3)c(F)cc3c(=O)c(C(=O)O)cn1c23.C[C@@H]1C/C=C/C=C/C=C/C=C/[C@H](O[C@@H]2O[C@H](C)[C@@H](O)[C@H](N)[C@@H]2O)C[C@@H]2O[C@](O)(C[C@@H](O)C[C@H]3O[C@@H]3/C=C/C(=O)O1)C[C@H](O)[C@H]2C(=O)O. The molecule has 1 unspecified atom stereocenters. The summed E-state index contributed by atoms with van der Waals surface area (Å²) in [6, 6.07) is 0.139. The van der Waals surface area contributed by atoms with Gasteiger partial charge < -0.3 is 79.7 Å². The van der Waals surface area contributed by atoms with Crippen LogP contribution in [0.25, 0.3) is 10.9 Å². The lowest BCUT2D eigenvalue weighted by atomic mass is 9.83. The molecule has 0 aliphatic carbocycles. The molecule has 0 spiro atoms. The van der Waals surface area contributed by atoms with Gasteiger partial charge in [0.25, 0.3) is 0 Å². The number of carboxylic acids is 2. The monoisotopic (exact) mass is 1030 g/mol. The van der Waals surface area contributed by atoms with Crippen LogP contribution in [0.3, 0.4) is 0 Å². The molecule has 0 saturated carbocycles. The molecular weight excluding hydrogens is 958 g/mol. The fourth-order valence-electron chi connectivity index (χ4n) is 10.2. The second-order valence-corrected chi connectivity index (χ2v) is 19.8. The standard InChI is InChI=1S/C33H47NO13.C19H21FN2O4/c1-18-10-8-6-4-3-5-7-9-11-21(45-32-30(39)28(34)29(38)19(2)44-32)15-25-27(31(40)41)22(36)17-33(42,47-25)16-20(35)14-24-23(46-24)12-13-26(37)43-18;1-10-2-3-12-16-13(18(24)14(19(25)26)9-22(10)16)8-15(20)17(12)21-6-4-11(23)5-7-21/h3-9,11-13,18-25,27-30,32,35-36,38-39,42H,10,14-17,34H2,1-2H3,(H,40,41);8-11,23H,2-7H2,1H3,(H,25,26)/b4-3+,7-5+,8-6+,11-9+,13-12+;/t18-,19-,20+,21+,22+,23-,24-,25+,27-,28+,29-,30+,32+,33-;/m1./s1. The van der Waals surface area contributed by atoms with E-state index in [0.29, 0.717) is 50.0 Å². The first-order valence-electron chi connectivity index (χ1n) is 24.8.